The van der Waals surface area contributed by atoms with E-state index in [1.165, 1.54) is 61.7 Å². The summed E-state index contributed by atoms with van der Waals surface area (Å²) in [5.74, 6) is -8.94. The molecule has 4 heterocycles. The summed E-state index contributed by atoms with van der Waals surface area (Å²) < 4.78 is 262. The topological polar surface area (TPSA) is 505 Å². The van der Waals surface area contributed by atoms with Gasteiger partial charge in [0, 0.05) is 34.2 Å². The van der Waals surface area contributed by atoms with E-state index in [1.807, 2.05) is 13.8 Å². The van der Waals surface area contributed by atoms with Crippen LogP contribution in [-0.4, -0.2) is 230 Å². The van der Waals surface area contributed by atoms with E-state index >= 15 is 0 Å². The van der Waals surface area contributed by atoms with E-state index in [-0.39, 0.29) is 69.9 Å². The predicted molar refractivity (Wildman–Crippen MR) is 426 cm³/mol. The molecule has 0 aromatic heterocycles. The van der Waals surface area contributed by atoms with Gasteiger partial charge in [-0.3, -0.25) is 14.4 Å². The molecule has 718 valence electrons. The second kappa shape index (κ2) is 38.3. The Morgan fingerprint density at radius 1 is 0.384 bits per heavy atom. The maximum atomic E-state index is 13.8. The van der Waals surface area contributed by atoms with Crippen molar-refractivity contribution in [1.29, 1.82) is 0 Å². The summed E-state index contributed by atoms with van der Waals surface area (Å²) in [5, 5.41) is 67.4. The number of hydrogen-bond donors (Lipinski definition) is 8. The number of halogens is 8. The molecule has 8 N–H and O–H groups in total. The zero-order valence-electron chi connectivity index (χ0n) is 71.0. The fraction of sp³-hybridized carbons (Fsp3) is 0.880. The second-order valence-electron chi connectivity index (χ2n) is 38.6. The molecular weight excluding hydrogens is 1770 g/mol. The van der Waals surface area contributed by atoms with Crippen LogP contribution in [0.3, 0.4) is 0 Å². The van der Waals surface area contributed by atoms with E-state index < -0.39 is 185 Å². The van der Waals surface area contributed by atoms with Crippen molar-refractivity contribution in [2.24, 2.45) is 65.1 Å². The highest BCUT2D eigenvalue weighted by Gasteiger charge is 2.71. The molecule has 14 fully saturated rings. The van der Waals surface area contributed by atoms with Gasteiger partial charge in [-0.2, -0.15) is 46.9 Å². The van der Waals surface area contributed by atoms with Crippen LogP contribution in [0.15, 0.2) is 30.3 Å². The molecule has 19 atom stereocenters. The van der Waals surface area contributed by atoms with Crippen LogP contribution in [0.4, 0.5) is 35.1 Å². The Morgan fingerprint density at radius 3 is 1.02 bits per heavy atom. The molecule has 10 saturated carbocycles. The number of hydrogen-bond acceptors (Lipinski definition) is 30. The number of esters is 4. The van der Waals surface area contributed by atoms with E-state index in [0.717, 1.165) is 103 Å². The molecule has 1 aromatic rings. The SMILES string of the molecule is CC(OC(=O)C1CC2CC1C(C1(O)CCCC1)C2C1(O)CCCC1)C(F)(F)S(=O)(=O)[O-].CC(OC(=O)C1CC2OC1C(C1(O)CCCC1)C2C1(O)CCCC1)C(F)(F)S(=O)(=O)[O-].CC(OC(=O)C1CC2SC1C(C1(O)CCCC1)C2C1(O)CCCC1)C(F)(F)S(=O)(=O)[O-].CC(OC(=O)c1ccccc1)C(F)(F)S(=O)(=O)[O-].CC1(O)CCCC1.CC1(O)CCCC1. The summed E-state index contributed by atoms with van der Waals surface area (Å²) in [7, 11) is -23.9. The normalized spacial score (nSPS) is 33.3. The molecular formula is C83H122F8O29S5-4. The van der Waals surface area contributed by atoms with Crippen LogP contribution >= 0.6 is 11.8 Å². The summed E-state index contributed by atoms with van der Waals surface area (Å²) in [6.45, 7) is 6.52. The van der Waals surface area contributed by atoms with Crippen LogP contribution in [0, 0.1) is 65.1 Å². The third kappa shape index (κ3) is 22.0. The number of aliphatic hydroxyl groups is 8. The number of benzene rings is 1. The molecule has 0 spiro atoms. The minimum atomic E-state index is -6.01. The molecule has 1 aromatic carbocycles. The first kappa shape index (κ1) is 103. The van der Waals surface area contributed by atoms with Crippen molar-refractivity contribution in [3.05, 3.63) is 35.9 Å². The Kier molecular flexibility index (Phi) is 31.6. The Bertz CT molecular complexity index is 4020. The van der Waals surface area contributed by atoms with Gasteiger partial charge in [-0.15, -0.1) is 0 Å². The first-order valence-corrected chi connectivity index (χ1v) is 50.4. The van der Waals surface area contributed by atoms with E-state index in [0.29, 0.717) is 124 Å². The van der Waals surface area contributed by atoms with E-state index in [1.54, 1.807) is 6.07 Å². The summed E-state index contributed by atoms with van der Waals surface area (Å²) >= 11 is 1.51. The molecule has 42 heteroatoms. The van der Waals surface area contributed by atoms with Gasteiger partial charge in [0.1, 0.15) is 0 Å². The molecule has 19 unspecified atom stereocenters. The molecule has 125 heavy (non-hydrogen) atoms. The first-order chi connectivity index (χ1) is 57.5. The van der Waals surface area contributed by atoms with Gasteiger partial charge in [-0.25, -0.2) is 38.5 Å². The lowest BCUT2D eigenvalue weighted by Gasteiger charge is -2.48. The quantitative estimate of drug-likeness (QED) is 0.0231. The third-order valence-corrected chi connectivity index (χ3v) is 35.7. The largest absolute Gasteiger partial charge is 0.743 e. The lowest BCUT2D eigenvalue weighted by atomic mass is 9.60. The van der Waals surface area contributed by atoms with Crippen LogP contribution in [0.5, 0.6) is 0 Å². The second-order valence-corrected chi connectivity index (χ2v) is 45.8. The van der Waals surface area contributed by atoms with Gasteiger partial charge in [0.25, 0.3) is 0 Å². The molecule has 29 nitrogen and oxygen atoms in total. The van der Waals surface area contributed by atoms with Crippen LogP contribution in [0.1, 0.15) is 283 Å². The standard InChI is InChI=1S/C21H32F2O7S.C20H30F2O8S.C20H30F2O7S2.C10H10F2O5S.2C6H12O/c1-12(21(22,23)31(27,28)29)30-18(24)15-11-13-10-14(15)17(20(26)8-4-5-9-20)16(13)19(25)6-2-3-7-19;2*1-11(20(21,22)31(26,27)28)29-17(23)12-10-13-14(18(24)6-2-3-7-18)15(16(12)30-13)19(25)8-4-5-9-19;1-7(10(11,12)18(14,15)16)17-9(13)8-5-3-2-4-6-8;2*1-6(7)4-2-3-5-6/h12-17,25-26H,2-11H2,1H3,(H,27,28,29);2*11-16,24-25H,2-10H2,1H3,(H,26,27,28);2-7H,1H3,(H,14,15,16);2*7H,2-5H2,1H3/p-4. The maximum Gasteiger partial charge on any atom is 0.370 e. The van der Waals surface area contributed by atoms with E-state index in [4.69, 9.17) is 18.9 Å². The van der Waals surface area contributed by atoms with Crippen molar-refractivity contribution in [2.45, 2.75) is 386 Å². The number of thioether (sulfide) groups is 1. The number of carbonyl (C=O) groups is 4. The fourth-order valence-electron chi connectivity index (χ4n) is 23.6. The molecule has 10 aliphatic carbocycles. The van der Waals surface area contributed by atoms with Gasteiger partial charge in [0.15, 0.2) is 64.9 Å². The monoisotopic (exact) mass is 1890 g/mol. The van der Waals surface area contributed by atoms with Gasteiger partial charge in [-0.05, 0) is 206 Å². The Morgan fingerprint density at radius 2 is 0.680 bits per heavy atom. The average Bonchev–Trinajstić information content (AvgIpc) is 1.56. The summed E-state index contributed by atoms with van der Waals surface area (Å²) in [6.07, 6.45) is 16.8. The van der Waals surface area contributed by atoms with Crippen LogP contribution in [0.25, 0.3) is 0 Å². The Hall–Kier alpha value is -3.83. The van der Waals surface area contributed by atoms with E-state index in [9.17, 15) is 147 Å². The zero-order valence-corrected chi connectivity index (χ0v) is 75.1. The van der Waals surface area contributed by atoms with Crippen LogP contribution < -0.4 is 0 Å². The minimum Gasteiger partial charge on any atom is -0.743 e. The Labute approximate surface area is 729 Å². The number of alkyl halides is 8. The van der Waals surface area contributed by atoms with Gasteiger partial charge >= 0.3 is 44.9 Å². The molecule has 4 aliphatic heterocycles. The van der Waals surface area contributed by atoms with Crippen LogP contribution in [-0.2, 0) is 78.5 Å². The number of rotatable bonds is 22. The Balaban J connectivity index is 0.000000167. The lowest BCUT2D eigenvalue weighted by molar-refractivity contribution is -0.175. The summed E-state index contributed by atoms with van der Waals surface area (Å²) in [6, 6.07) is 7.15. The maximum absolute atomic E-state index is 13.8. The number of fused-ring (bicyclic) bond motifs is 6. The van der Waals surface area contributed by atoms with Crippen molar-refractivity contribution >= 4 is 76.1 Å². The highest BCUT2D eigenvalue weighted by molar-refractivity contribution is 8.01. The van der Waals surface area contributed by atoms with Crippen molar-refractivity contribution in [3.8, 4) is 0 Å². The van der Waals surface area contributed by atoms with Gasteiger partial charge in [0.05, 0.1) is 80.3 Å². The molecule has 4 saturated heterocycles. The summed E-state index contributed by atoms with van der Waals surface area (Å²) in [4.78, 5) is 49.7. The highest BCUT2D eigenvalue weighted by atomic mass is 32.2. The predicted octanol–water partition coefficient (Wildman–Crippen LogP) is 10.6. The lowest BCUT2D eigenvalue weighted by Crippen LogP contribution is -2.56. The van der Waals surface area contributed by atoms with Crippen molar-refractivity contribution in [2.75, 3.05) is 0 Å². The van der Waals surface area contributed by atoms with Crippen molar-refractivity contribution < 1.29 is 171 Å². The first-order valence-electron chi connectivity index (χ1n) is 43.8. The fourth-order valence-corrected chi connectivity index (χ4v) is 27.7. The van der Waals surface area contributed by atoms with Gasteiger partial charge in [0.2, 0.25) is 0 Å². The molecule has 0 amide bonds. The molecule has 15 rings (SSSR count). The smallest absolute Gasteiger partial charge is 0.370 e. The van der Waals surface area contributed by atoms with Gasteiger partial charge in [-0.1, -0.05) is 121 Å². The average molecular weight is 1900 g/mol. The zero-order chi connectivity index (χ0) is 93.1. The van der Waals surface area contributed by atoms with Crippen molar-refractivity contribution in [1.82, 2.24) is 0 Å². The van der Waals surface area contributed by atoms with Crippen molar-refractivity contribution in [3.63, 3.8) is 0 Å². The van der Waals surface area contributed by atoms with Crippen LogP contribution in [0.2, 0.25) is 0 Å². The molecule has 6 bridgehead atoms. The molecule has 0 radical (unpaired) electrons. The third-order valence-electron chi connectivity index (χ3n) is 29.9. The van der Waals surface area contributed by atoms with E-state index in [2.05, 4.69) is 4.74 Å². The van der Waals surface area contributed by atoms with Gasteiger partial charge < -0.3 is 82.7 Å². The minimum absolute atomic E-state index is 0.0246. The molecule has 14 aliphatic rings. The number of carbonyl (C=O) groups excluding carboxylic acids is 4. The number of ether oxygens (including phenoxy) is 5. The summed E-state index contributed by atoms with van der Waals surface area (Å²) in [5.41, 5.74) is -6.58. The highest BCUT2D eigenvalue weighted by Crippen LogP contribution is 2.68.